The normalized spacial score (nSPS) is 10.5. The number of pyridine rings is 1. The molecule has 1 aromatic heterocycles. The lowest BCUT2D eigenvalue weighted by Gasteiger charge is -2.14. The summed E-state index contributed by atoms with van der Waals surface area (Å²) in [5.41, 5.74) is 2.28. The van der Waals surface area contributed by atoms with Crippen LogP contribution in [0.4, 0.5) is 0 Å². The molecule has 0 fully saturated rings. The number of hydrogen-bond acceptors (Lipinski definition) is 7. The molecule has 150 valence electrons. The lowest BCUT2D eigenvalue weighted by atomic mass is 10.0. The Balaban J connectivity index is 1.94. The number of para-hydroxylation sites is 1. The quantitative estimate of drug-likeness (QED) is 0.588. The van der Waals surface area contributed by atoms with Gasteiger partial charge in [0, 0.05) is 11.5 Å². The van der Waals surface area contributed by atoms with Crippen molar-refractivity contribution in [1.82, 2.24) is 4.98 Å². The predicted octanol–water partition coefficient (Wildman–Crippen LogP) is 3.70. The smallest absolute Gasteiger partial charge is 0.342 e. The number of ether oxygens (including phenoxy) is 4. The first kappa shape index (κ1) is 20.1. The Bertz CT molecular complexity index is 1080. The topological polar surface area (TPSA) is 84.0 Å². The minimum absolute atomic E-state index is 0.190. The number of methoxy groups -OCH3 is 3. The molecule has 0 saturated carbocycles. The van der Waals surface area contributed by atoms with Crippen LogP contribution in [0.5, 0.6) is 11.5 Å². The fourth-order valence-electron chi connectivity index (χ4n) is 3.10. The lowest BCUT2D eigenvalue weighted by molar-refractivity contribution is 0.0452. The molecule has 0 saturated heterocycles. The van der Waals surface area contributed by atoms with Gasteiger partial charge in [-0.25, -0.2) is 14.6 Å². The highest BCUT2D eigenvalue weighted by Crippen LogP contribution is 2.27. The number of aryl methyl sites for hydroxylation is 1. The molecule has 0 aliphatic carbocycles. The summed E-state index contributed by atoms with van der Waals surface area (Å²) in [7, 11) is 4.28. The van der Waals surface area contributed by atoms with Crippen LogP contribution in [0.15, 0.2) is 42.5 Å². The summed E-state index contributed by atoms with van der Waals surface area (Å²) in [6.07, 6.45) is 0. The molecule has 0 atom stereocenters. The molecule has 0 N–H and O–H groups in total. The molecule has 0 spiro atoms. The number of fused-ring (bicyclic) bond motifs is 1. The van der Waals surface area contributed by atoms with Crippen molar-refractivity contribution < 1.29 is 28.5 Å². The molecule has 0 aliphatic heterocycles. The van der Waals surface area contributed by atoms with E-state index in [0.29, 0.717) is 28.3 Å². The van der Waals surface area contributed by atoms with Gasteiger partial charge in [0.2, 0.25) is 0 Å². The predicted molar refractivity (Wildman–Crippen MR) is 106 cm³/mol. The van der Waals surface area contributed by atoms with Gasteiger partial charge in [0.25, 0.3) is 0 Å². The number of aromatic nitrogens is 1. The molecule has 2 aromatic carbocycles. The molecular weight excluding hydrogens is 374 g/mol. The average molecular weight is 395 g/mol. The molecule has 3 aromatic rings. The van der Waals surface area contributed by atoms with Gasteiger partial charge in [-0.1, -0.05) is 18.2 Å². The number of carbonyl (C=O) groups excluding carboxylic acids is 2. The van der Waals surface area contributed by atoms with Gasteiger partial charge in [0.15, 0.2) is 0 Å². The summed E-state index contributed by atoms with van der Waals surface area (Å²) in [6.45, 7) is 1.62. The van der Waals surface area contributed by atoms with E-state index in [1.807, 2.05) is 31.2 Å². The standard InChI is InChI=1S/C22H21NO6/c1-13-15-7-5-6-8-17(15)23-18(20(13)22(25)28-4)12-29-21(24)16-10-9-14(26-2)11-19(16)27-3/h5-11H,12H2,1-4H3. The van der Waals surface area contributed by atoms with Crippen LogP contribution in [-0.4, -0.2) is 38.3 Å². The lowest BCUT2D eigenvalue weighted by Crippen LogP contribution is -2.14. The van der Waals surface area contributed by atoms with Crippen molar-refractivity contribution in [3.05, 3.63) is 64.8 Å². The zero-order valence-corrected chi connectivity index (χ0v) is 16.6. The van der Waals surface area contributed by atoms with E-state index in [0.717, 1.165) is 10.9 Å². The van der Waals surface area contributed by atoms with Crippen LogP contribution in [0.25, 0.3) is 10.9 Å². The van der Waals surface area contributed by atoms with Crippen molar-refractivity contribution in [2.45, 2.75) is 13.5 Å². The average Bonchev–Trinajstić information content (AvgIpc) is 2.76. The highest BCUT2D eigenvalue weighted by Gasteiger charge is 2.22. The van der Waals surface area contributed by atoms with E-state index < -0.39 is 11.9 Å². The van der Waals surface area contributed by atoms with E-state index in [4.69, 9.17) is 18.9 Å². The summed E-state index contributed by atoms with van der Waals surface area (Å²) in [5, 5.41) is 0.833. The van der Waals surface area contributed by atoms with Crippen LogP contribution in [0.3, 0.4) is 0 Å². The van der Waals surface area contributed by atoms with Crippen LogP contribution in [0.1, 0.15) is 32.0 Å². The Morgan fingerprint density at radius 3 is 2.41 bits per heavy atom. The molecule has 0 bridgehead atoms. The van der Waals surface area contributed by atoms with E-state index in [9.17, 15) is 9.59 Å². The number of carbonyl (C=O) groups is 2. The Kier molecular flexibility index (Phi) is 5.97. The molecule has 7 heteroatoms. The highest BCUT2D eigenvalue weighted by atomic mass is 16.5. The van der Waals surface area contributed by atoms with E-state index in [1.165, 1.54) is 21.3 Å². The summed E-state index contributed by atoms with van der Waals surface area (Å²) in [6, 6.07) is 12.2. The number of hydrogen-bond donors (Lipinski definition) is 0. The number of rotatable bonds is 6. The minimum atomic E-state index is -0.604. The SMILES string of the molecule is COC(=O)c1c(COC(=O)c2ccc(OC)cc2OC)nc2ccccc2c1C. The second-order valence-corrected chi connectivity index (χ2v) is 6.21. The van der Waals surface area contributed by atoms with Gasteiger partial charge >= 0.3 is 11.9 Å². The van der Waals surface area contributed by atoms with Crippen molar-refractivity contribution >= 4 is 22.8 Å². The van der Waals surface area contributed by atoms with Crippen LogP contribution >= 0.6 is 0 Å². The summed E-state index contributed by atoms with van der Waals surface area (Å²) in [5.74, 6) is -0.259. The molecule has 3 rings (SSSR count). The van der Waals surface area contributed by atoms with E-state index >= 15 is 0 Å². The van der Waals surface area contributed by atoms with Crippen LogP contribution in [-0.2, 0) is 16.1 Å². The maximum Gasteiger partial charge on any atom is 0.342 e. The number of esters is 2. The van der Waals surface area contributed by atoms with E-state index in [-0.39, 0.29) is 12.2 Å². The van der Waals surface area contributed by atoms with Crippen molar-refractivity contribution in [2.24, 2.45) is 0 Å². The molecular formula is C22H21NO6. The fraction of sp³-hybridized carbons (Fsp3) is 0.227. The van der Waals surface area contributed by atoms with Crippen molar-refractivity contribution in [3.8, 4) is 11.5 Å². The minimum Gasteiger partial charge on any atom is -0.497 e. The van der Waals surface area contributed by atoms with Crippen molar-refractivity contribution in [3.63, 3.8) is 0 Å². The zero-order chi connectivity index (χ0) is 21.0. The second-order valence-electron chi connectivity index (χ2n) is 6.21. The third kappa shape index (κ3) is 3.99. The fourth-order valence-corrected chi connectivity index (χ4v) is 3.10. The Morgan fingerprint density at radius 2 is 1.72 bits per heavy atom. The highest BCUT2D eigenvalue weighted by molar-refractivity contribution is 5.98. The Hall–Kier alpha value is -3.61. The molecule has 0 amide bonds. The molecule has 29 heavy (non-hydrogen) atoms. The third-order valence-corrected chi connectivity index (χ3v) is 4.59. The maximum absolute atomic E-state index is 12.6. The van der Waals surface area contributed by atoms with Crippen LogP contribution in [0, 0.1) is 6.92 Å². The molecule has 0 radical (unpaired) electrons. The van der Waals surface area contributed by atoms with E-state index in [1.54, 1.807) is 18.2 Å². The van der Waals surface area contributed by atoms with Crippen molar-refractivity contribution in [2.75, 3.05) is 21.3 Å². The van der Waals surface area contributed by atoms with Crippen LogP contribution in [0.2, 0.25) is 0 Å². The van der Waals surface area contributed by atoms with Crippen molar-refractivity contribution in [1.29, 1.82) is 0 Å². The first-order valence-electron chi connectivity index (χ1n) is 8.85. The monoisotopic (exact) mass is 395 g/mol. The number of benzene rings is 2. The summed E-state index contributed by atoms with van der Waals surface area (Å²) < 4.78 is 20.7. The van der Waals surface area contributed by atoms with Gasteiger partial charge in [-0.15, -0.1) is 0 Å². The van der Waals surface area contributed by atoms with Gasteiger partial charge in [-0.2, -0.15) is 0 Å². The molecule has 0 unspecified atom stereocenters. The van der Waals surface area contributed by atoms with Gasteiger partial charge in [0.05, 0.1) is 38.1 Å². The Labute approximate surface area is 168 Å². The number of nitrogens with zero attached hydrogens (tertiary/aromatic N) is 1. The summed E-state index contributed by atoms with van der Waals surface area (Å²) >= 11 is 0. The summed E-state index contributed by atoms with van der Waals surface area (Å²) in [4.78, 5) is 29.5. The van der Waals surface area contributed by atoms with Gasteiger partial charge < -0.3 is 18.9 Å². The third-order valence-electron chi connectivity index (χ3n) is 4.59. The van der Waals surface area contributed by atoms with Gasteiger partial charge in [-0.05, 0) is 30.7 Å². The van der Waals surface area contributed by atoms with E-state index in [2.05, 4.69) is 4.98 Å². The second kappa shape index (κ2) is 8.60. The largest absolute Gasteiger partial charge is 0.497 e. The van der Waals surface area contributed by atoms with Gasteiger partial charge in [-0.3, -0.25) is 0 Å². The Morgan fingerprint density at radius 1 is 0.966 bits per heavy atom. The molecule has 1 heterocycles. The maximum atomic E-state index is 12.6. The molecule has 0 aliphatic rings. The first-order chi connectivity index (χ1) is 14.0. The first-order valence-corrected chi connectivity index (χ1v) is 8.85. The zero-order valence-electron chi connectivity index (χ0n) is 16.6. The molecule has 7 nitrogen and oxygen atoms in total. The van der Waals surface area contributed by atoms with Gasteiger partial charge in [0.1, 0.15) is 23.7 Å². The van der Waals surface area contributed by atoms with Crippen LogP contribution < -0.4 is 9.47 Å².